The molecule has 0 saturated carbocycles. The molecule has 15 heavy (non-hydrogen) atoms. The fourth-order valence-corrected chi connectivity index (χ4v) is 1.52. The van der Waals surface area contributed by atoms with Crippen LogP contribution in [0, 0.1) is 11.8 Å². The molecule has 0 aromatic rings. The zero-order valence-corrected chi connectivity index (χ0v) is 10.7. The van der Waals surface area contributed by atoms with E-state index in [1.165, 1.54) is 13.5 Å². The summed E-state index contributed by atoms with van der Waals surface area (Å²) in [5.74, 6) is 0.536. The highest BCUT2D eigenvalue weighted by Gasteiger charge is 2.14. The van der Waals surface area contributed by atoms with Crippen molar-refractivity contribution in [2.75, 3.05) is 13.7 Å². The average Bonchev–Trinajstić information content (AvgIpc) is 2.24. The van der Waals surface area contributed by atoms with Crippen LogP contribution in [0.25, 0.3) is 0 Å². The minimum absolute atomic E-state index is 0.0608. The molecule has 3 heteroatoms. The number of hydrogen-bond donors (Lipinski definition) is 1. The van der Waals surface area contributed by atoms with Gasteiger partial charge in [0.2, 0.25) is 0 Å². The highest BCUT2D eigenvalue weighted by atomic mass is 16.5. The second-order valence-corrected chi connectivity index (χ2v) is 4.48. The highest BCUT2D eigenvalue weighted by Crippen LogP contribution is 2.09. The summed E-state index contributed by atoms with van der Waals surface area (Å²) in [5, 5.41) is 3.36. The molecule has 0 aliphatic rings. The van der Waals surface area contributed by atoms with E-state index < -0.39 is 0 Å². The Morgan fingerprint density at radius 2 is 1.93 bits per heavy atom. The van der Waals surface area contributed by atoms with E-state index in [0.717, 1.165) is 12.3 Å². The first-order chi connectivity index (χ1) is 7.01. The molecule has 3 atom stereocenters. The van der Waals surface area contributed by atoms with Crippen molar-refractivity contribution in [2.24, 2.45) is 11.8 Å². The highest BCUT2D eigenvalue weighted by molar-refractivity contribution is 5.72. The molecule has 0 aliphatic heterocycles. The van der Waals surface area contributed by atoms with Crippen LogP contribution in [-0.4, -0.2) is 25.7 Å². The third-order valence-corrected chi connectivity index (χ3v) is 2.83. The minimum atomic E-state index is -0.141. The van der Waals surface area contributed by atoms with Gasteiger partial charge in [-0.15, -0.1) is 0 Å². The van der Waals surface area contributed by atoms with E-state index in [9.17, 15) is 4.79 Å². The number of carbonyl (C=O) groups excluding carboxylic acids is 1. The van der Waals surface area contributed by atoms with Crippen molar-refractivity contribution in [3.05, 3.63) is 0 Å². The predicted molar refractivity (Wildman–Crippen MR) is 62.7 cm³/mol. The van der Waals surface area contributed by atoms with Crippen LogP contribution in [0.15, 0.2) is 0 Å². The van der Waals surface area contributed by atoms with Gasteiger partial charge in [-0.25, -0.2) is 0 Å². The topological polar surface area (TPSA) is 38.3 Å². The Labute approximate surface area is 93.6 Å². The van der Waals surface area contributed by atoms with Crippen LogP contribution in [0.1, 0.15) is 40.5 Å². The van der Waals surface area contributed by atoms with Gasteiger partial charge in [-0.1, -0.05) is 27.2 Å². The molecule has 1 N–H and O–H groups in total. The van der Waals surface area contributed by atoms with Crippen molar-refractivity contribution in [3.8, 4) is 0 Å². The number of rotatable bonds is 7. The van der Waals surface area contributed by atoms with Crippen LogP contribution in [0.2, 0.25) is 0 Å². The van der Waals surface area contributed by atoms with Crippen LogP contribution in [-0.2, 0) is 9.53 Å². The number of methoxy groups -OCH3 is 1. The van der Waals surface area contributed by atoms with Crippen molar-refractivity contribution in [1.29, 1.82) is 0 Å². The fourth-order valence-electron chi connectivity index (χ4n) is 1.52. The number of ether oxygens (including phenoxy) is 1. The lowest BCUT2D eigenvalue weighted by Gasteiger charge is -2.19. The summed E-state index contributed by atoms with van der Waals surface area (Å²) in [6, 6.07) is 0.465. The van der Waals surface area contributed by atoms with Crippen LogP contribution in [0.3, 0.4) is 0 Å². The number of hydrogen-bond acceptors (Lipinski definition) is 3. The Hall–Kier alpha value is -0.570. The molecule has 0 amide bonds. The molecule has 0 fully saturated rings. The Morgan fingerprint density at radius 3 is 2.40 bits per heavy atom. The average molecular weight is 215 g/mol. The van der Waals surface area contributed by atoms with Crippen LogP contribution < -0.4 is 5.32 Å². The smallest absolute Gasteiger partial charge is 0.309 e. The van der Waals surface area contributed by atoms with Gasteiger partial charge >= 0.3 is 5.97 Å². The summed E-state index contributed by atoms with van der Waals surface area (Å²) in [6.45, 7) is 9.20. The van der Waals surface area contributed by atoms with Gasteiger partial charge in [-0.3, -0.25) is 4.79 Å². The van der Waals surface area contributed by atoms with Gasteiger partial charge in [0.25, 0.3) is 0 Å². The first kappa shape index (κ1) is 14.4. The molecule has 3 nitrogen and oxygen atoms in total. The standard InChI is InChI=1S/C12H25NO2/c1-6-9(2)7-11(4)13-8-10(3)12(14)15-5/h9-11,13H,6-8H2,1-5H3. The molecule has 0 aliphatic carbocycles. The Balaban J connectivity index is 3.70. The second-order valence-electron chi connectivity index (χ2n) is 4.48. The van der Waals surface area contributed by atoms with Crippen molar-refractivity contribution < 1.29 is 9.53 Å². The number of nitrogens with one attached hydrogen (secondary N) is 1. The van der Waals surface area contributed by atoms with Gasteiger partial charge in [0, 0.05) is 12.6 Å². The van der Waals surface area contributed by atoms with Crippen molar-refractivity contribution >= 4 is 5.97 Å². The number of esters is 1. The lowest BCUT2D eigenvalue weighted by atomic mass is 10.00. The molecule has 0 spiro atoms. The van der Waals surface area contributed by atoms with Gasteiger partial charge < -0.3 is 10.1 Å². The quantitative estimate of drug-likeness (QED) is 0.662. The third-order valence-electron chi connectivity index (χ3n) is 2.83. The van der Waals surface area contributed by atoms with E-state index in [2.05, 4.69) is 30.8 Å². The van der Waals surface area contributed by atoms with Gasteiger partial charge in [0.1, 0.15) is 0 Å². The first-order valence-electron chi connectivity index (χ1n) is 5.82. The first-order valence-corrected chi connectivity index (χ1v) is 5.82. The molecular weight excluding hydrogens is 190 g/mol. The maximum absolute atomic E-state index is 11.1. The zero-order chi connectivity index (χ0) is 11.8. The lowest BCUT2D eigenvalue weighted by Crippen LogP contribution is -2.34. The van der Waals surface area contributed by atoms with Gasteiger partial charge in [-0.2, -0.15) is 0 Å². The van der Waals surface area contributed by atoms with E-state index >= 15 is 0 Å². The summed E-state index contributed by atoms with van der Waals surface area (Å²) in [7, 11) is 1.43. The molecule has 0 radical (unpaired) electrons. The molecule has 0 aromatic carbocycles. The number of carbonyl (C=O) groups is 1. The maximum atomic E-state index is 11.1. The molecular formula is C12H25NO2. The lowest BCUT2D eigenvalue weighted by molar-refractivity contribution is -0.144. The largest absolute Gasteiger partial charge is 0.469 e. The second kappa shape index (κ2) is 7.69. The molecule has 0 saturated heterocycles. The predicted octanol–water partition coefficient (Wildman–Crippen LogP) is 2.21. The fraction of sp³-hybridized carbons (Fsp3) is 0.917. The van der Waals surface area contributed by atoms with Crippen molar-refractivity contribution in [1.82, 2.24) is 5.32 Å². The molecule has 0 heterocycles. The van der Waals surface area contributed by atoms with E-state index in [1.807, 2.05) is 6.92 Å². The third kappa shape index (κ3) is 6.50. The van der Waals surface area contributed by atoms with E-state index in [1.54, 1.807) is 0 Å². The summed E-state index contributed by atoms with van der Waals surface area (Å²) in [6.07, 6.45) is 2.36. The monoisotopic (exact) mass is 215 g/mol. The Bertz CT molecular complexity index is 182. The minimum Gasteiger partial charge on any atom is -0.469 e. The zero-order valence-electron chi connectivity index (χ0n) is 10.7. The van der Waals surface area contributed by atoms with Crippen LogP contribution in [0.5, 0.6) is 0 Å². The van der Waals surface area contributed by atoms with Gasteiger partial charge in [0.05, 0.1) is 13.0 Å². The maximum Gasteiger partial charge on any atom is 0.309 e. The Morgan fingerprint density at radius 1 is 1.33 bits per heavy atom. The summed E-state index contributed by atoms with van der Waals surface area (Å²) in [5.41, 5.74) is 0. The van der Waals surface area contributed by atoms with E-state index in [4.69, 9.17) is 0 Å². The van der Waals surface area contributed by atoms with Crippen molar-refractivity contribution in [3.63, 3.8) is 0 Å². The summed E-state index contributed by atoms with van der Waals surface area (Å²) < 4.78 is 4.67. The molecule has 0 bridgehead atoms. The van der Waals surface area contributed by atoms with Crippen LogP contribution in [0.4, 0.5) is 0 Å². The van der Waals surface area contributed by atoms with Gasteiger partial charge in [0.15, 0.2) is 0 Å². The Kier molecular flexibility index (Phi) is 7.39. The SMILES string of the molecule is CCC(C)CC(C)NCC(C)C(=O)OC. The van der Waals surface area contributed by atoms with E-state index in [0.29, 0.717) is 12.6 Å². The molecule has 0 rings (SSSR count). The van der Waals surface area contributed by atoms with E-state index in [-0.39, 0.29) is 11.9 Å². The van der Waals surface area contributed by atoms with Gasteiger partial charge in [-0.05, 0) is 19.3 Å². The van der Waals surface area contributed by atoms with Crippen molar-refractivity contribution in [2.45, 2.75) is 46.6 Å². The normalized spacial score (nSPS) is 16.9. The molecule has 3 unspecified atom stereocenters. The summed E-state index contributed by atoms with van der Waals surface area (Å²) >= 11 is 0. The summed E-state index contributed by atoms with van der Waals surface area (Å²) in [4.78, 5) is 11.1. The molecule has 0 aromatic heterocycles. The molecule has 90 valence electrons. The van der Waals surface area contributed by atoms with Crippen LogP contribution >= 0.6 is 0 Å².